The maximum atomic E-state index is 12.4. The predicted octanol–water partition coefficient (Wildman–Crippen LogP) is 1.62. The number of carbonyl (C=O) groups is 2. The number of methoxy groups -OCH3 is 1. The lowest BCUT2D eigenvalue weighted by molar-refractivity contribution is -0.142. The van der Waals surface area contributed by atoms with E-state index in [0.717, 1.165) is 10.8 Å². The Balaban J connectivity index is 2.36. The highest BCUT2D eigenvalue weighted by molar-refractivity contribution is 7.80. The van der Waals surface area contributed by atoms with Crippen molar-refractivity contribution in [3.63, 3.8) is 0 Å². The second-order valence-corrected chi connectivity index (χ2v) is 4.84. The van der Waals surface area contributed by atoms with E-state index < -0.39 is 12.0 Å². The number of hydrogen-bond acceptors (Lipinski definition) is 5. The summed E-state index contributed by atoms with van der Waals surface area (Å²) in [5.41, 5.74) is 6.96. The van der Waals surface area contributed by atoms with Gasteiger partial charge >= 0.3 is 5.97 Å². The van der Waals surface area contributed by atoms with Crippen molar-refractivity contribution in [2.24, 2.45) is 0 Å². The summed E-state index contributed by atoms with van der Waals surface area (Å²) in [6.07, 6.45) is 0. The van der Waals surface area contributed by atoms with Crippen molar-refractivity contribution >= 4 is 41.0 Å². The molecule has 110 valence electrons. The molecule has 0 unspecified atom stereocenters. The Labute approximate surface area is 127 Å². The summed E-state index contributed by atoms with van der Waals surface area (Å²) in [6.45, 7) is 0. The third-order valence-corrected chi connectivity index (χ3v) is 3.54. The number of esters is 1. The standard InChI is InChI=1S/C15H16N2O3S/c1-20-15(19)13(8-21)17-14(18)11-6-7-12(16)10-5-3-2-4-9(10)11/h2-7,13,21H,8,16H2,1H3,(H,17,18)/t13-/m0/s1. The maximum absolute atomic E-state index is 12.4. The number of nitrogen functional groups attached to an aromatic ring is 1. The molecule has 0 saturated heterocycles. The molecule has 6 heteroatoms. The van der Waals surface area contributed by atoms with Gasteiger partial charge in [-0.2, -0.15) is 12.6 Å². The highest BCUT2D eigenvalue weighted by Crippen LogP contribution is 2.24. The Morgan fingerprint density at radius 3 is 2.52 bits per heavy atom. The van der Waals surface area contributed by atoms with Crippen LogP contribution in [0.2, 0.25) is 0 Å². The highest BCUT2D eigenvalue weighted by Gasteiger charge is 2.21. The van der Waals surface area contributed by atoms with Crippen LogP contribution in [0.25, 0.3) is 10.8 Å². The Kier molecular flexibility index (Phi) is 4.70. The number of nitrogens with one attached hydrogen (secondary N) is 1. The van der Waals surface area contributed by atoms with Gasteiger partial charge in [-0.15, -0.1) is 0 Å². The molecule has 0 heterocycles. The van der Waals surface area contributed by atoms with Crippen LogP contribution in [0.3, 0.4) is 0 Å². The minimum Gasteiger partial charge on any atom is -0.467 e. The van der Waals surface area contributed by atoms with Crippen LogP contribution in [0.1, 0.15) is 10.4 Å². The summed E-state index contributed by atoms with van der Waals surface area (Å²) >= 11 is 4.05. The molecule has 2 rings (SSSR count). The highest BCUT2D eigenvalue weighted by atomic mass is 32.1. The van der Waals surface area contributed by atoms with Gasteiger partial charge in [0, 0.05) is 22.4 Å². The van der Waals surface area contributed by atoms with Crippen molar-refractivity contribution in [2.75, 3.05) is 18.6 Å². The molecular formula is C15H16N2O3S. The zero-order valence-electron chi connectivity index (χ0n) is 11.5. The molecule has 0 radical (unpaired) electrons. The second-order valence-electron chi connectivity index (χ2n) is 4.48. The van der Waals surface area contributed by atoms with Crippen LogP contribution in [-0.4, -0.2) is 30.8 Å². The SMILES string of the molecule is COC(=O)[C@H](CS)NC(=O)c1ccc(N)c2ccccc12. The zero-order valence-corrected chi connectivity index (χ0v) is 12.4. The average Bonchev–Trinajstić information content (AvgIpc) is 2.52. The number of hydrogen-bond donors (Lipinski definition) is 3. The van der Waals surface area contributed by atoms with E-state index in [2.05, 4.69) is 22.7 Å². The van der Waals surface area contributed by atoms with Crippen LogP contribution < -0.4 is 11.1 Å². The molecule has 0 fully saturated rings. The summed E-state index contributed by atoms with van der Waals surface area (Å²) in [4.78, 5) is 23.9. The molecule has 21 heavy (non-hydrogen) atoms. The first-order valence-electron chi connectivity index (χ1n) is 6.35. The summed E-state index contributed by atoms with van der Waals surface area (Å²) in [6, 6.07) is 9.86. The smallest absolute Gasteiger partial charge is 0.329 e. The van der Waals surface area contributed by atoms with Crippen molar-refractivity contribution in [3.05, 3.63) is 42.0 Å². The molecule has 0 saturated carbocycles. The lowest BCUT2D eigenvalue weighted by Crippen LogP contribution is -2.42. The van der Waals surface area contributed by atoms with Gasteiger partial charge in [-0.25, -0.2) is 4.79 Å². The van der Waals surface area contributed by atoms with E-state index in [9.17, 15) is 9.59 Å². The third-order valence-electron chi connectivity index (χ3n) is 3.18. The second kappa shape index (κ2) is 6.49. The van der Waals surface area contributed by atoms with Crippen molar-refractivity contribution in [2.45, 2.75) is 6.04 Å². The molecule has 1 atom stereocenters. The van der Waals surface area contributed by atoms with Gasteiger partial charge in [-0.3, -0.25) is 4.79 Å². The summed E-state index contributed by atoms with van der Waals surface area (Å²) in [5.74, 6) is -0.737. The molecule has 2 aromatic rings. The molecule has 0 aromatic heterocycles. The van der Waals surface area contributed by atoms with Crippen molar-refractivity contribution in [3.8, 4) is 0 Å². The van der Waals surface area contributed by atoms with Crippen LogP contribution in [0.15, 0.2) is 36.4 Å². The van der Waals surface area contributed by atoms with Crippen molar-refractivity contribution in [1.29, 1.82) is 0 Å². The van der Waals surface area contributed by atoms with Crippen LogP contribution >= 0.6 is 12.6 Å². The molecule has 3 N–H and O–H groups in total. The van der Waals surface area contributed by atoms with Crippen molar-refractivity contribution < 1.29 is 14.3 Å². The number of rotatable bonds is 4. The van der Waals surface area contributed by atoms with Gasteiger partial charge in [0.2, 0.25) is 0 Å². The lowest BCUT2D eigenvalue weighted by Gasteiger charge is -2.15. The van der Waals surface area contributed by atoms with Crippen LogP contribution in [-0.2, 0) is 9.53 Å². The zero-order chi connectivity index (χ0) is 15.4. The summed E-state index contributed by atoms with van der Waals surface area (Å²) in [7, 11) is 1.27. The van der Waals surface area contributed by atoms with Gasteiger partial charge in [-0.05, 0) is 17.5 Å². The van der Waals surface area contributed by atoms with Gasteiger partial charge in [-0.1, -0.05) is 24.3 Å². The number of thiol groups is 1. The van der Waals surface area contributed by atoms with E-state index in [0.29, 0.717) is 11.3 Å². The number of carbonyl (C=O) groups excluding carboxylic acids is 2. The van der Waals surface area contributed by atoms with Gasteiger partial charge in [0.1, 0.15) is 6.04 Å². The Morgan fingerprint density at radius 1 is 1.24 bits per heavy atom. The Morgan fingerprint density at radius 2 is 1.90 bits per heavy atom. The number of amides is 1. The largest absolute Gasteiger partial charge is 0.467 e. The normalized spacial score (nSPS) is 11.9. The molecule has 2 aromatic carbocycles. The maximum Gasteiger partial charge on any atom is 0.329 e. The van der Waals surface area contributed by atoms with E-state index in [1.807, 2.05) is 24.3 Å². The quantitative estimate of drug-likeness (QED) is 0.455. The van der Waals surface area contributed by atoms with E-state index in [1.54, 1.807) is 12.1 Å². The van der Waals surface area contributed by atoms with E-state index in [1.165, 1.54) is 7.11 Å². The molecule has 0 bridgehead atoms. The number of anilines is 1. The number of ether oxygens (including phenoxy) is 1. The van der Waals surface area contributed by atoms with Gasteiger partial charge in [0.05, 0.1) is 7.11 Å². The molecule has 5 nitrogen and oxygen atoms in total. The molecule has 1 amide bonds. The van der Waals surface area contributed by atoms with E-state index >= 15 is 0 Å². The van der Waals surface area contributed by atoms with Crippen LogP contribution in [0.5, 0.6) is 0 Å². The molecule has 0 aliphatic carbocycles. The number of fused-ring (bicyclic) bond motifs is 1. The van der Waals surface area contributed by atoms with E-state index in [4.69, 9.17) is 5.73 Å². The average molecular weight is 304 g/mol. The molecule has 0 spiro atoms. The fourth-order valence-corrected chi connectivity index (χ4v) is 2.32. The van der Waals surface area contributed by atoms with Crippen molar-refractivity contribution in [1.82, 2.24) is 5.32 Å². The fourth-order valence-electron chi connectivity index (χ4n) is 2.08. The monoisotopic (exact) mass is 304 g/mol. The van der Waals surface area contributed by atoms with Crippen LogP contribution in [0.4, 0.5) is 5.69 Å². The minimum absolute atomic E-state index is 0.158. The topological polar surface area (TPSA) is 81.4 Å². The van der Waals surface area contributed by atoms with Gasteiger partial charge in [0.25, 0.3) is 5.91 Å². The molecular weight excluding hydrogens is 288 g/mol. The number of benzene rings is 2. The Bertz CT molecular complexity index is 688. The predicted molar refractivity (Wildman–Crippen MR) is 85.5 cm³/mol. The Hall–Kier alpha value is -2.21. The first kappa shape index (κ1) is 15.2. The van der Waals surface area contributed by atoms with E-state index in [-0.39, 0.29) is 11.7 Å². The first-order chi connectivity index (χ1) is 10.1. The number of nitrogens with two attached hydrogens (primary N) is 1. The fraction of sp³-hybridized carbons (Fsp3) is 0.200. The lowest BCUT2D eigenvalue weighted by atomic mass is 10.0. The van der Waals surface area contributed by atoms with Gasteiger partial charge in [0.15, 0.2) is 0 Å². The summed E-state index contributed by atoms with van der Waals surface area (Å²) < 4.78 is 4.62. The first-order valence-corrected chi connectivity index (χ1v) is 6.98. The van der Waals surface area contributed by atoms with Crippen LogP contribution in [0, 0.1) is 0 Å². The molecule has 0 aliphatic heterocycles. The minimum atomic E-state index is -0.790. The summed E-state index contributed by atoms with van der Waals surface area (Å²) in [5, 5.41) is 4.15. The van der Waals surface area contributed by atoms with Gasteiger partial charge < -0.3 is 15.8 Å². The molecule has 0 aliphatic rings. The third kappa shape index (κ3) is 3.11.